The predicted molar refractivity (Wildman–Crippen MR) is 78.5 cm³/mol. The van der Waals surface area contributed by atoms with Crippen molar-refractivity contribution in [3.05, 3.63) is 6.17 Å². The molecule has 1 radical (unpaired) electrons. The van der Waals surface area contributed by atoms with Gasteiger partial charge >= 0.3 is 0 Å². The van der Waals surface area contributed by atoms with E-state index < -0.39 is 0 Å². The third-order valence-electron chi connectivity index (χ3n) is 3.20. The van der Waals surface area contributed by atoms with Crippen molar-refractivity contribution in [1.82, 2.24) is 16.0 Å². The Morgan fingerprint density at radius 1 is 1.00 bits per heavy atom. The number of nitrogens with zero attached hydrogens (tertiary/aromatic N) is 1. The van der Waals surface area contributed by atoms with Crippen molar-refractivity contribution in [1.29, 1.82) is 0 Å². The number of amidine groups is 1. The van der Waals surface area contributed by atoms with Gasteiger partial charge < -0.3 is 16.0 Å². The van der Waals surface area contributed by atoms with E-state index in [1.807, 2.05) is 6.92 Å². The van der Waals surface area contributed by atoms with Crippen molar-refractivity contribution in [3.8, 4) is 0 Å². The molecule has 0 aromatic rings. The monoisotopic (exact) mass is 342 g/mol. The summed E-state index contributed by atoms with van der Waals surface area (Å²) in [5, 5.41) is 9.89. The molecule has 1 saturated heterocycles. The number of aliphatic imine (C=N–C) groups is 1. The van der Waals surface area contributed by atoms with Crippen LogP contribution in [-0.4, -0.2) is 30.0 Å². The minimum absolute atomic E-state index is 0. The predicted octanol–water partition coefficient (Wildman–Crippen LogP) is 2.03. The Morgan fingerprint density at radius 2 is 1.53 bits per heavy atom. The van der Waals surface area contributed by atoms with Gasteiger partial charge in [0.2, 0.25) is 0 Å². The van der Waals surface area contributed by atoms with E-state index in [2.05, 4.69) is 55.6 Å². The molecule has 0 saturated carbocycles. The van der Waals surface area contributed by atoms with Crippen LogP contribution < -0.4 is 16.0 Å². The minimum atomic E-state index is 0. The zero-order valence-electron chi connectivity index (χ0n) is 13.2. The molecule has 4 unspecified atom stereocenters. The van der Waals surface area contributed by atoms with E-state index in [0.29, 0.717) is 24.2 Å². The van der Waals surface area contributed by atoms with Gasteiger partial charge in [-0.25, -0.2) is 0 Å². The SMILES string of the molecule is CC1=NC(C)CC(C)N1.C[C-]1NC(C)CC(C)N1.[Y]. The van der Waals surface area contributed by atoms with Gasteiger partial charge in [-0.15, -0.1) is 0 Å². The van der Waals surface area contributed by atoms with Gasteiger partial charge in [-0.3, -0.25) is 4.99 Å². The van der Waals surface area contributed by atoms with Crippen molar-refractivity contribution in [3.63, 3.8) is 0 Å². The van der Waals surface area contributed by atoms with Gasteiger partial charge in [0.25, 0.3) is 0 Å². The molecule has 2 rings (SSSR count). The maximum absolute atomic E-state index is 4.34. The van der Waals surface area contributed by atoms with E-state index in [9.17, 15) is 0 Å². The average Bonchev–Trinajstić information content (AvgIpc) is 2.12. The van der Waals surface area contributed by atoms with E-state index in [1.165, 1.54) is 12.6 Å². The molecule has 2 aliphatic rings. The summed E-state index contributed by atoms with van der Waals surface area (Å²) in [6, 6.07) is 2.40. The summed E-state index contributed by atoms with van der Waals surface area (Å²) in [4.78, 5) is 4.34. The van der Waals surface area contributed by atoms with Crippen LogP contribution in [0.2, 0.25) is 0 Å². The Hall–Kier alpha value is 0.494. The summed E-state index contributed by atoms with van der Waals surface area (Å²) in [7, 11) is 0. The summed E-state index contributed by atoms with van der Waals surface area (Å²) < 4.78 is 0. The van der Waals surface area contributed by atoms with Gasteiger partial charge in [0, 0.05) is 38.8 Å². The fourth-order valence-electron chi connectivity index (χ4n) is 2.78. The van der Waals surface area contributed by atoms with Crippen molar-refractivity contribution in [2.45, 2.75) is 78.6 Å². The minimum Gasteiger partial charge on any atom is -0.451 e. The van der Waals surface area contributed by atoms with E-state index in [4.69, 9.17) is 0 Å². The normalized spacial score (nSPS) is 35.2. The average molecular weight is 342 g/mol. The summed E-state index contributed by atoms with van der Waals surface area (Å²) in [5.74, 6) is 1.08. The third-order valence-corrected chi connectivity index (χ3v) is 3.20. The van der Waals surface area contributed by atoms with Crippen LogP contribution in [0.1, 0.15) is 54.4 Å². The smallest absolute Gasteiger partial charge is 0.0937 e. The van der Waals surface area contributed by atoms with Gasteiger partial charge in [0.05, 0.1) is 11.9 Å². The second kappa shape index (κ2) is 9.43. The molecular formula is C14H29N4Y-. The molecule has 0 bridgehead atoms. The molecule has 2 heterocycles. The Morgan fingerprint density at radius 3 is 1.89 bits per heavy atom. The standard InChI is InChI=1S/C7H15N2.C7H14N2.Y/c2*1-5-4-6(2)9-7(3)8-5;/h5-6,8-9H,4H2,1-3H3;5-6H,4H2,1-3H3,(H,8,9);/q-1;;. The van der Waals surface area contributed by atoms with Crippen LogP contribution >= 0.6 is 0 Å². The van der Waals surface area contributed by atoms with Crippen LogP contribution in [0.5, 0.6) is 0 Å². The van der Waals surface area contributed by atoms with Crippen LogP contribution in [0.3, 0.4) is 0 Å². The second-order valence-electron chi connectivity index (χ2n) is 5.80. The summed E-state index contributed by atoms with van der Waals surface area (Å²) in [5.41, 5.74) is 0. The first-order valence-electron chi connectivity index (χ1n) is 7.04. The molecule has 4 atom stereocenters. The zero-order valence-corrected chi connectivity index (χ0v) is 16.1. The van der Waals surface area contributed by atoms with E-state index in [0.717, 1.165) is 12.3 Å². The van der Waals surface area contributed by atoms with Gasteiger partial charge in [-0.05, 0) is 45.7 Å². The Labute approximate surface area is 143 Å². The molecule has 5 heteroatoms. The molecule has 3 N–H and O–H groups in total. The van der Waals surface area contributed by atoms with E-state index in [1.54, 1.807) is 0 Å². The number of hydrogen-bond donors (Lipinski definition) is 3. The first-order chi connectivity index (χ1) is 8.36. The summed E-state index contributed by atoms with van der Waals surface area (Å²) in [6.07, 6.45) is 3.59. The van der Waals surface area contributed by atoms with Gasteiger partial charge in [0.1, 0.15) is 0 Å². The molecule has 1 fully saturated rings. The van der Waals surface area contributed by atoms with Crippen LogP contribution in [-0.2, 0) is 32.7 Å². The molecule has 0 amide bonds. The first kappa shape index (κ1) is 19.5. The molecular weight excluding hydrogens is 313 g/mol. The van der Waals surface area contributed by atoms with Gasteiger partial charge in [0.15, 0.2) is 0 Å². The van der Waals surface area contributed by atoms with E-state index >= 15 is 0 Å². The molecule has 2 aliphatic heterocycles. The Bertz CT molecular complexity index is 258. The topological polar surface area (TPSA) is 48.5 Å². The summed E-state index contributed by atoms with van der Waals surface area (Å²) >= 11 is 0. The van der Waals surface area contributed by atoms with Crippen molar-refractivity contribution in [2.75, 3.05) is 0 Å². The van der Waals surface area contributed by atoms with Crippen molar-refractivity contribution >= 4 is 5.84 Å². The summed E-state index contributed by atoms with van der Waals surface area (Å²) in [6.45, 7) is 12.9. The van der Waals surface area contributed by atoms with Crippen LogP contribution in [0.15, 0.2) is 4.99 Å². The molecule has 0 aliphatic carbocycles. The van der Waals surface area contributed by atoms with Crippen LogP contribution in [0.25, 0.3) is 0 Å². The molecule has 109 valence electrons. The van der Waals surface area contributed by atoms with E-state index in [-0.39, 0.29) is 32.7 Å². The third kappa shape index (κ3) is 8.39. The largest absolute Gasteiger partial charge is 0.451 e. The molecule has 0 spiro atoms. The molecule has 0 aromatic heterocycles. The van der Waals surface area contributed by atoms with Crippen LogP contribution in [0.4, 0.5) is 0 Å². The molecule has 0 aromatic carbocycles. The number of nitrogens with one attached hydrogen (secondary N) is 3. The number of hydrogen-bond acceptors (Lipinski definition) is 4. The maximum atomic E-state index is 4.34. The quantitative estimate of drug-likeness (QED) is 0.591. The van der Waals surface area contributed by atoms with Crippen molar-refractivity contribution < 1.29 is 32.7 Å². The fourth-order valence-corrected chi connectivity index (χ4v) is 2.78. The number of rotatable bonds is 0. The van der Waals surface area contributed by atoms with Crippen LogP contribution in [0, 0.1) is 6.17 Å². The molecule has 4 nitrogen and oxygen atoms in total. The van der Waals surface area contributed by atoms with Gasteiger partial charge in [-0.2, -0.15) is 13.1 Å². The Kier molecular flexibility index (Phi) is 9.68. The second-order valence-corrected chi connectivity index (χ2v) is 5.80. The zero-order chi connectivity index (χ0) is 13.7. The molecule has 19 heavy (non-hydrogen) atoms. The van der Waals surface area contributed by atoms with Crippen molar-refractivity contribution in [2.24, 2.45) is 4.99 Å². The maximum Gasteiger partial charge on any atom is 0.0937 e. The van der Waals surface area contributed by atoms with Gasteiger partial charge in [-0.1, -0.05) is 13.8 Å². The first-order valence-corrected chi connectivity index (χ1v) is 7.04. The fraction of sp³-hybridized carbons (Fsp3) is 0.857. The Balaban J connectivity index is 0.000000324.